The van der Waals surface area contributed by atoms with Crippen LogP contribution in [0, 0.1) is 0 Å². The Labute approximate surface area is 153 Å². The number of ketones is 1. The van der Waals surface area contributed by atoms with Gasteiger partial charge in [-0.3, -0.25) is 9.59 Å². The molecule has 0 heterocycles. The molecule has 1 aromatic carbocycles. The van der Waals surface area contributed by atoms with Crippen molar-refractivity contribution in [1.82, 2.24) is 10.2 Å². The number of aromatic hydroxyl groups is 1. The van der Waals surface area contributed by atoms with Crippen molar-refractivity contribution in [2.75, 3.05) is 19.4 Å². The fraction of sp³-hybridized carbons (Fsp3) is 0.316. The molecule has 7 heteroatoms. The molecule has 0 saturated heterocycles. The summed E-state index contributed by atoms with van der Waals surface area (Å²) in [6.07, 6.45) is 2.97. The Morgan fingerprint density at radius 3 is 2.54 bits per heavy atom. The van der Waals surface area contributed by atoms with Gasteiger partial charge in [-0.25, -0.2) is 0 Å². The van der Waals surface area contributed by atoms with Gasteiger partial charge in [-0.2, -0.15) is 0 Å². The maximum Gasteiger partial charge on any atom is 0.257 e. The molecule has 1 unspecified atom stereocenters. The standard InChI is InChI=1S/C18H23N3O3.CH2O/c1-5-11(6-2)19-14-10-15(22)16(14)20-13-9-7-8-12(17(13)23)18(24)21(3)4;1-2/h5,7-9,11,19-20,23H,1,6,10H2,2-4H3;1H2. The second kappa shape index (κ2) is 9.41. The van der Waals surface area contributed by atoms with Crippen LogP contribution in [0.15, 0.2) is 42.2 Å². The number of hydrogen-bond acceptors (Lipinski definition) is 6. The maximum atomic E-state index is 12.1. The third kappa shape index (κ3) is 4.50. The van der Waals surface area contributed by atoms with Crippen molar-refractivity contribution < 1.29 is 19.5 Å². The number of carbonyl (C=O) groups is 3. The first-order valence-corrected chi connectivity index (χ1v) is 8.14. The SMILES string of the molecule is C=CC(CC)NC1=C(Nc2cccc(C(=O)N(C)C)c2O)C(=O)C1.C=O. The smallest absolute Gasteiger partial charge is 0.257 e. The molecular formula is C19H25N3O4. The van der Waals surface area contributed by atoms with E-state index in [1.54, 1.807) is 38.4 Å². The van der Waals surface area contributed by atoms with Crippen LogP contribution in [0.2, 0.25) is 0 Å². The molecule has 140 valence electrons. The molecule has 0 fully saturated rings. The monoisotopic (exact) mass is 359 g/mol. The van der Waals surface area contributed by atoms with E-state index in [1.807, 2.05) is 13.7 Å². The minimum absolute atomic E-state index is 0.0415. The van der Waals surface area contributed by atoms with Crippen molar-refractivity contribution in [2.45, 2.75) is 25.8 Å². The minimum atomic E-state index is -0.305. The summed E-state index contributed by atoms with van der Waals surface area (Å²) in [5, 5.41) is 16.5. The maximum absolute atomic E-state index is 12.1. The van der Waals surface area contributed by atoms with Crippen LogP contribution in [0.5, 0.6) is 5.75 Å². The highest BCUT2D eigenvalue weighted by atomic mass is 16.3. The van der Waals surface area contributed by atoms with E-state index in [9.17, 15) is 14.7 Å². The van der Waals surface area contributed by atoms with Crippen molar-refractivity contribution in [3.05, 3.63) is 47.8 Å². The van der Waals surface area contributed by atoms with E-state index < -0.39 is 0 Å². The summed E-state index contributed by atoms with van der Waals surface area (Å²) in [4.78, 5) is 33.4. The summed E-state index contributed by atoms with van der Waals surface area (Å²) >= 11 is 0. The largest absolute Gasteiger partial charge is 0.505 e. The molecule has 1 aliphatic carbocycles. The van der Waals surface area contributed by atoms with Crippen LogP contribution in [0.3, 0.4) is 0 Å². The van der Waals surface area contributed by atoms with Gasteiger partial charge in [-0.1, -0.05) is 19.1 Å². The molecule has 1 atom stereocenters. The predicted octanol–water partition coefficient (Wildman–Crippen LogP) is 2.06. The molecule has 0 saturated carbocycles. The average Bonchev–Trinajstić information content (AvgIpc) is 2.65. The number of hydrogen-bond donors (Lipinski definition) is 3. The minimum Gasteiger partial charge on any atom is -0.505 e. The van der Waals surface area contributed by atoms with Crippen molar-refractivity contribution in [2.24, 2.45) is 0 Å². The van der Waals surface area contributed by atoms with Crippen LogP contribution in [0.25, 0.3) is 0 Å². The average molecular weight is 359 g/mol. The summed E-state index contributed by atoms with van der Waals surface area (Å²) in [6, 6.07) is 4.92. The van der Waals surface area contributed by atoms with Gasteiger partial charge >= 0.3 is 0 Å². The number of nitrogens with one attached hydrogen (secondary N) is 2. The van der Waals surface area contributed by atoms with Gasteiger partial charge in [-0.15, -0.1) is 6.58 Å². The Kier molecular flexibility index (Phi) is 7.58. The van der Waals surface area contributed by atoms with Gasteiger partial charge in [0, 0.05) is 25.8 Å². The molecule has 1 amide bonds. The summed E-state index contributed by atoms with van der Waals surface area (Å²) in [7, 11) is 3.23. The van der Waals surface area contributed by atoms with Gasteiger partial charge in [0.1, 0.15) is 12.5 Å². The number of allylic oxidation sites excluding steroid dienone is 2. The summed E-state index contributed by atoms with van der Waals surface area (Å²) in [6.45, 7) is 7.78. The number of para-hydroxylation sites is 1. The number of amides is 1. The van der Waals surface area contributed by atoms with Gasteiger partial charge < -0.3 is 25.4 Å². The zero-order valence-electron chi connectivity index (χ0n) is 15.3. The van der Waals surface area contributed by atoms with Crippen LogP contribution in [-0.4, -0.2) is 48.6 Å². The second-order valence-corrected chi connectivity index (χ2v) is 5.87. The number of phenolic OH excluding ortho intramolecular Hbond substituents is 1. The van der Waals surface area contributed by atoms with E-state index in [4.69, 9.17) is 4.79 Å². The van der Waals surface area contributed by atoms with E-state index >= 15 is 0 Å². The number of anilines is 1. The number of carbonyl (C=O) groups excluding carboxylic acids is 3. The summed E-state index contributed by atoms with van der Waals surface area (Å²) in [5.41, 5.74) is 1.72. The molecule has 1 aliphatic rings. The number of Topliss-reactive ketones (excluding diaryl/α,β-unsaturated/α-hetero) is 1. The molecular weight excluding hydrogens is 334 g/mol. The molecule has 1 aromatic rings. The third-order valence-corrected chi connectivity index (χ3v) is 3.93. The quantitative estimate of drug-likeness (QED) is 0.509. The lowest BCUT2D eigenvalue weighted by atomic mass is 9.97. The molecule has 0 radical (unpaired) electrons. The molecule has 0 bridgehead atoms. The lowest BCUT2D eigenvalue weighted by Crippen LogP contribution is -2.37. The summed E-state index contributed by atoms with van der Waals surface area (Å²) in [5.74, 6) is -0.514. The Hall–Kier alpha value is -3.09. The lowest BCUT2D eigenvalue weighted by Gasteiger charge is -2.28. The van der Waals surface area contributed by atoms with Crippen LogP contribution in [-0.2, 0) is 9.59 Å². The van der Waals surface area contributed by atoms with Crippen LogP contribution >= 0.6 is 0 Å². The van der Waals surface area contributed by atoms with E-state index in [-0.39, 0.29) is 29.0 Å². The molecule has 0 aromatic heterocycles. The molecule has 7 nitrogen and oxygen atoms in total. The number of phenols is 1. The highest BCUT2D eigenvalue weighted by molar-refractivity contribution is 6.07. The third-order valence-electron chi connectivity index (χ3n) is 3.93. The normalized spacial score (nSPS) is 13.7. The first-order valence-electron chi connectivity index (χ1n) is 8.14. The van der Waals surface area contributed by atoms with E-state index in [0.717, 1.165) is 12.1 Å². The fourth-order valence-corrected chi connectivity index (χ4v) is 2.41. The van der Waals surface area contributed by atoms with Crippen molar-refractivity contribution in [3.63, 3.8) is 0 Å². The Morgan fingerprint density at radius 2 is 2.04 bits per heavy atom. The zero-order chi connectivity index (χ0) is 19.9. The van der Waals surface area contributed by atoms with Crippen LogP contribution in [0.4, 0.5) is 5.69 Å². The Balaban J connectivity index is 0.00000163. The van der Waals surface area contributed by atoms with Crippen LogP contribution < -0.4 is 10.6 Å². The lowest BCUT2D eigenvalue weighted by molar-refractivity contribution is -0.116. The highest BCUT2D eigenvalue weighted by Gasteiger charge is 2.29. The van der Waals surface area contributed by atoms with Crippen molar-refractivity contribution in [1.29, 1.82) is 0 Å². The molecule has 26 heavy (non-hydrogen) atoms. The number of rotatable bonds is 7. The van der Waals surface area contributed by atoms with Gasteiger partial charge in [0.2, 0.25) is 0 Å². The fourth-order valence-electron chi connectivity index (χ4n) is 2.41. The van der Waals surface area contributed by atoms with Crippen LogP contribution in [0.1, 0.15) is 30.1 Å². The second-order valence-electron chi connectivity index (χ2n) is 5.87. The van der Waals surface area contributed by atoms with Gasteiger partial charge in [0.25, 0.3) is 5.91 Å². The van der Waals surface area contributed by atoms with E-state index in [0.29, 0.717) is 17.8 Å². The predicted molar refractivity (Wildman–Crippen MR) is 101 cm³/mol. The van der Waals surface area contributed by atoms with Gasteiger partial charge in [0.15, 0.2) is 11.5 Å². The van der Waals surface area contributed by atoms with E-state index in [2.05, 4.69) is 17.2 Å². The molecule has 0 aliphatic heterocycles. The van der Waals surface area contributed by atoms with Gasteiger partial charge in [-0.05, 0) is 18.6 Å². The molecule has 0 spiro atoms. The zero-order valence-corrected chi connectivity index (χ0v) is 15.3. The molecule has 3 N–H and O–H groups in total. The molecule has 2 rings (SSSR count). The summed E-state index contributed by atoms with van der Waals surface area (Å²) < 4.78 is 0. The number of benzene rings is 1. The van der Waals surface area contributed by atoms with Crippen molar-refractivity contribution in [3.8, 4) is 5.75 Å². The van der Waals surface area contributed by atoms with Gasteiger partial charge in [0.05, 0.1) is 17.7 Å². The first kappa shape index (κ1) is 21.0. The Bertz CT molecular complexity index is 725. The number of nitrogens with zero attached hydrogens (tertiary/aromatic N) is 1. The topological polar surface area (TPSA) is 98.7 Å². The van der Waals surface area contributed by atoms with Crippen molar-refractivity contribution >= 4 is 24.2 Å². The van der Waals surface area contributed by atoms with E-state index in [1.165, 1.54) is 4.90 Å². The first-order chi connectivity index (χ1) is 12.4. The Morgan fingerprint density at radius 1 is 1.38 bits per heavy atom. The highest BCUT2D eigenvalue weighted by Crippen LogP contribution is 2.32.